The Balaban J connectivity index is 1.53. The van der Waals surface area contributed by atoms with Gasteiger partial charge in [0.1, 0.15) is 5.82 Å². The summed E-state index contributed by atoms with van der Waals surface area (Å²) in [5, 5.41) is 9.80. The molecule has 0 spiro atoms. The third kappa shape index (κ3) is 3.47. The Bertz CT molecular complexity index is 725. The predicted octanol–water partition coefficient (Wildman–Crippen LogP) is 4.80. The summed E-state index contributed by atoms with van der Waals surface area (Å²) in [6, 6.07) is 5.74. The first kappa shape index (κ1) is 16.4. The lowest BCUT2D eigenvalue weighted by Gasteiger charge is -2.27. The van der Waals surface area contributed by atoms with Crippen LogP contribution in [0, 0.1) is 5.82 Å². The number of anilines is 1. The Morgan fingerprint density at radius 3 is 2.67 bits per heavy atom. The summed E-state index contributed by atoms with van der Waals surface area (Å²) in [5.41, 5.74) is 0.702. The highest BCUT2D eigenvalue weighted by Gasteiger charge is 2.32. The molecule has 1 aromatic heterocycles. The summed E-state index contributed by atoms with van der Waals surface area (Å²) in [7, 11) is 0. The highest BCUT2D eigenvalue weighted by atomic mass is 79.9. The molecule has 0 N–H and O–H groups in total. The van der Waals surface area contributed by atoms with Gasteiger partial charge in [0, 0.05) is 29.4 Å². The molecule has 1 aliphatic heterocycles. The van der Waals surface area contributed by atoms with Crippen molar-refractivity contribution in [3.63, 3.8) is 0 Å². The van der Waals surface area contributed by atoms with Gasteiger partial charge in [0.2, 0.25) is 5.95 Å². The fraction of sp³-hybridized carbons (Fsp3) is 0.529. The smallest absolute Gasteiger partial charge is 0.228 e. The minimum absolute atomic E-state index is 0.175. The fourth-order valence-electron chi connectivity index (χ4n) is 3.11. The lowest BCUT2D eigenvalue weighted by Crippen LogP contribution is -2.31. The summed E-state index contributed by atoms with van der Waals surface area (Å²) < 4.78 is 17.1. The molecule has 4 nitrogen and oxygen atoms in total. The predicted molar refractivity (Wildman–Crippen MR) is 98.0 cm³/mol. The third-order valence-electron chi connectivity index (χ3n) is 4.57. The molecule has 1 saturated carbocycles. The topological polar surface area (TPSA) is 34.0 Å². The van der Waals surface area contributed by atoms with Crippen LogP contribution in [0.5, 0.6) is 0 Å². The van der Waals surface area contributed by atoms with Crippen molar-refractivity contribution >= 4 is 33.6 Å². The third-order valence-corrected chi connectivity index (χ3v) is 6.05. The molecule has 1 aliphatic carbocycles. The van der Waals surface area contributed by atoms with Crippen LogP contribution in [-0.4, -0.2) is 27.9 Å². The summed E-state index contributed by atoms with van der Waals surface area (Å²) >= 11 is 4.88. The van der Waals surface area contributed by atoms with Crippen LogP contribution in [0.3, 0.4) is 0 Å². The Labute approximate surface area is 154 Å². The van der Waals surface area contributed by atoms with Crippen LogP contribution >= 0.6 is 27.7 Å². The van der Waals surface area contributed by atoms with E-state index < -0.39 is 0 Å². The number of nitrogens with zero attached hydrogens (tertiary/aromatic N) is 4. The number of aromatic nitrogens is 3. The number of rotatable bonds is 5. The minimum Gasteiger partial charge on any atom is -0.341 e. The summed E-state index contributed by atoms with van der Waals surface area (Å²) in [6.07, 6.45) is 6.14. The normalized spacial score (nSPS) is 18.2. The zero-order chi connectivity index (χ0) is 16.5. The monoisotopic (exact) mass is 410 g/mol. The van der Waals surface area contributed by atoms with Crippen LogP contribution in [0.15, 0.2) is 27.8 Å². The molecule has 128 valence electrons. The standard InChI is InChI=1S/C17H20BrFN4S/c18-13-5-4-12(15(19)10-13)11-24-17-21-20-16(23(17)14-6-7-14)22-8-2-1-3-9-22/h4-5,10,14H,1-3,6-9,11H2. The maximum Gasteiger partial charge on any atom is 0.228 e. The van der Waals surface area contributed by atoms with Crippen molar-refractivity contribution in [2.45, 2.75) is 49.1 Å². The van der Waals surface area contributed by atoms with Crippen LogP contribution in [0.25, 0.3) is 0 Å². The SMILES string of the molecule is Fc1cc(Br)ccc1CSc1nnc(N2CCCCC2)n1C1CC1. The second-order valence-electron chi connectivity index (χ2n) is 6.46. The molecule has 4 rings (SSSR count). The summed E-state index contributed by atoms with van der Waals surface area (Å²) in [6.45, 7) is 2.13. The quantitative estimate of drug-likeness (QED) is 0.663. The number of thioether (sulfide) groups is 1. The molecule has 0 amide bonds. The van der Waals surface area contributed by atoms with Crippen molar-refractivity contribution in [3.8, 4) is 0 Å². The molecule has 1 aromatic carbocycles. The van der Waals surface area contributed by atoms with Gasteiger partial charge in [-0.2, -0.15) is 0 Å². The van der Waals surface area contributed by atoms with Gasteiger partial charge in [0.15, 0.2) is 5.16 Å². The number of hydrogen-bond acceptors (Lipinski definition) is 4. The molecule has 24 heavy (non-hydrogen) atoms. The first-order chi connectivity index (χ1) is 11.7. The Kier molecular flexibility index (Phi) is 4.81. The van der Waals surface area contributed by atoms with Gasteiger partial charge in [0.25, 0.3) is 0 Å². The minimum atomic E-state index is -0.175. The van der Waals surface area contributed by atoms with Crippen molar-refractivity contribution in [1.82, 2.24) is 14.8 Å². The lowest BCUT2D eigenvalue weighted by molar-refractivity contribution is 0.548. The van der Waals surface area contributed by atoms with Crippen molar-refractivity contribution in [2.24, 2.45) is 0 Å². The van der Waals surface area contributed by atoms with Gasteiger partial charge in [-0.15, -0.1) is 10.2 Å². The second-order valence-corrected chi connectivity index (χ2v) is 8.31. The van der Waals surface area contributed by atoms with Crippen molar-refractivity contribution in [3.05, 3.63) is 34.1 Å². The first-order valence-corrected chi connectivity index (χ1v) is 10.3. The highest BCUT2D eigenvalue weighted by Crippen LogP contribution is 2.41. The number of hydrogen-bond donors (Lipinski definition) is 0. The Morgan fingerprint density at radius 2 is 1.96 bits per heavy atom. The van der Waals surface area contributed by atoms with Gasteiger partial charge >= 0.3 is 0 Å². The van der Waals surface area contributed by atoms with E-state index >= 15 is 0 Å². The van der Waals surface area contributed by atoms with E-state index in [1.807, 2.05) is 12.1 Å². The van der Waals surface area contributed by atoms with Crippen LogP contribution in [0.2, 0.25) is 0 Å². The maximum absolute atomic E-state index is 14.0. The van der Waals surface area contributed by atoms with Crippen LogP contribution in [-0.2, 0) is 5.75 Å². The number of halogens is 2. The van der Waals surface area contributed by atoms with Crippen LogP contribution in [0.1, 0.15) is 43.7 Å². The van der Waals surface area contributed by atoms with Gasteiger partial charge in [-0.25, -0.2) is 4.39 Å². The van der Waals surface area contributed by atoms with E-state index in [4.69, 9.17) is 0 Å². The molecule has 0 bridgehead atoms. The summed E-state index contributed by atoms with van der Waals surface area (Å²) in [4.78, 5) is 2.36. The van der Waals surface area contributed by atoms with Gasteiger partial charge in [-0.05, 0) is 49.8 Å². The second kappa shape index (κ2) is 7.04. The molecule has 1 saturated heterocycles. The molecule has 0 radical (unpaired) electrons. The molecule has 2 fully saturated rings. The molecule has 0 atom stereocenters. The molecule has 2 aliphatic rings. The van der Waals surface area contributed by atoms with E-state index in [1.54, 1.807) is 11.8 Å². The molecule has 7 heteroatoms. The van der Waals surface area contributed by atoms with Gasteiger partial charge in [0.05, 0.1) is 0 Å². The van der Waals surface area contributed by atoms with Crippen molar-refractivity contribution in [2.75, 3.05) is 18.0 Å². The molecule has 2 aromatic rings. The molecule has 0 unspecified atom stereocenters. The molecule has 2 heterocycles. The number of piperidine rings is 1. The van der Waals surface area contributed by atoms with Gasteiger partial charge in [-0.3, -0.25) is 4.57 Å². The Morgan fingerprint density at radius 1 is 1.17 bits per heavy atom. The van der Waals surface area contributed by atoms with E-state index in [2.05, 4.69) is 35.6 Å². The van der Waals surface area contributed by atoms with E-state index in [9.17, 15) is 4.39 Å². The molecular weight excluding hydrogens is 391 g/mol. The van der Waals surface area contributed by atoms with E-state index in [1.165, 1.54) is 38.2 Å². The summed E-state index contributed by atoms with van der Waals surface area (Å²) in [5.74, 6) is 1.41. The van der Waals surface area contributed by atoms with Gasteiger partial charge in [-0.1, -0.05) is 33.8 Å². The largest absolute Gasteiger partial charge is 0.341 e. The molecular formula is C17H20BrFN4S. The van der Waals surface area contributed by atoms with Gasteiger partial charge < -0.3 is 4.90 Å². The van der Waals surface area contributed by atoms with E-state index in [0.29, 0.717) is 17.4 Å². The first-order valence-electron chi connectivity index (χ1n) is 8.49. The average molecular weight is 411 g/mol. The lowest BCUT2D eigenvalue weighted by atomic mass is 10.1. The fourth-order valence-corrected chi connectivity index (χ4v) is 4.43. The Hall–Kier alpha value is -1.08. The van der Waals surface area contributed by atoms with Crippen LogP contribution in [0.4, 0.5) is 10.3 Å². The zero-order valence-corrected chi connectivity index (χ0v) is 15.8. The zero-order valence-electron chi connectivity index (χ0n) is 13.4. The average Bonchev–Trinajstić information content (AvgIpc) is 3.34. The van der Waals surface area contributed by atoms with E-state index in [-0.39, 0.29) is 5.82 Å². The maximum atomic E-state index is 14.0. The number of benzene rings is 1. The van der Waals surface area contributed by atoms with Crippen molar-refractivity contribution in [1.29, 1.82) is 0 Å². The van der Waals surface area contributed by atoms with E-state index in [0.717, 1.165) is 28.7 Å². The highest BCUT2D eigenvalue weighted by molar-refractivity contribution is 9.10. The van der Waals surface area contributed by atoms with Crippen molar-refractivity contribution < 1.29 is 4.39 Å². The van der Waals surface area contributed by atoms with Crippen LogP contribution < -0.4 is 4.90 Å².